The molecule has 1 unspecified atom stereocenters. The highest BCUT2D eigenvalue weighted by atomic mass is 35.5. The second kappa shape index (κ2) is 6.54. The molecule has 0 aromatic carbocycles. The first-order valence-corrected chi connectivity index (χ1v) is 8.90. The molecule has 2 fully saturated rings. The van der Waals surface area contributed by atoms with E-state index >= 15 is 0 Å². The topological polar surface area (TPSA) is 9.23 Å². The predicted molar refractivity (Wildman–Crippen MR) is 83.3 cm³/mol. The van der Waals surface area contributed by atoms with Crippen molar-refractivity contribution in [1.82, 2.24) is 0 Å². The Balaban J connectivity index is 1.94. The van der Waals surface area contributed by atoms with Gasteiger partial charge in [0.25, 0.3) is 0 Å². The van der Waals surface area contributed by atoms with Gasteiger partial charge < -0.3 is 4.74 Å². The molecule has 1 aliphatic heterocycles. The molecule has 1 heterocycles. The van der Waals surface area contributed by atoms with Crippen LogP contribution in [0.2, 0.25) is 0 Å². The molecule has 1 spiro atoms. The van der Waals surface area contributed by atoms with Gasteiger partial charge in [-0.25, -0.2) is 0 Å². The van der Waals surface area contributed by atoms with E-state index in [2.05, 4.69) is 13.8 Å². The van der Waals surface area contributed by atoms with Crippen LogP contribution >= 0.6 is 23.2 Å². The van der Waals surface area contributed by atoms with Crippen LogP contribution in [0.1, 0.15) is 65.2 Å². The molecule has 0 aromatic heterocycles. The molecule has 1 atom stereocenters. The molecule has 2 aliphatic rings. The Morgan fingerprint density at radius 2 is 1.79 bits per heavy atom. The largest absolute Gasteiger partial charge is 0.372 e. The van der Waals surface area contributed by atoms with E-state index in [1.54, 1.807) is 0 Å². The third kappa shape index (κ3) is 3.80. The maximum absolute atomic E-state index is 6.43. The van der Waals surface area contributed by atoms with Crippen molar-refractivity contribution >= 4 is 23.2 Å². The van der Waals surface area contributed by atoms with Crippen LogP contribution in [-0.4, -0.2) is 23.5 Å². The molecule has 0 radical (unpaired) electrons. The van der Waals surface area contributed by atoms with Gasteiger partial charge in [0, 0.05) is 17.2 Å². The molecule has 0 N–H and O–H groups in total. The van der Waals surface area contributed by atoms with Crippen LogP contribution in [-0.2, 0) is 4.74 Å². The fourth-order valence-electron chi connectivity index (χ4n) is 4.11. The van der Waals surface area contributed by atoms with Gasteiger partial charge in [-0.2, -0.15) is 0 Å². The van der Waals surface area contributed by atoms with Crippen LogP contribution < -0.4 is 0 Å². The summed E-state index contributed by atoms with van der Waals surface area (Å²) in [5, 5.41) is 0. The van der Waals surface area contributed by atoms with E-state index in [1.165, 1.54) is 38.5 Å². The quantitative estimate of drug-likeness (QED) is 0.599. The summed E-state index contributed by atoms with van der Waals surface area (Å²) in [4.78, 5) is 0. The Kier molecular flexibility index (Phi) is 5.48. The van der Waals surface area contributed by atoms with Gasteiger partial charge in [0.05, 0.1) is 11.7 Å². The fourth-order valence-corrected chi connectivity index (χ4v) is 4.83. The highest BCUT2D eigenvalue weighted by Crippen LogP contribution is 2.47. The van der Waals surface area contributed by atoms with E-state index in [9.17, 15) is 0 Å². The van der Waals surface area contributed by atoms with Crippen LogP contribution in [0, 0.1) is 11.3 Å². The van der Waals surface area contributed by atoms with E-state index in [-0.39, 0.29) is 11.0 Å². The summed E-state index contributed by atoms with van der Waals surface area (Å²) in [7, 11) is 0. The Morgan fingerprint density at radius 3 is 2.32 bits per heavy atom. The second-order valence-electron chi connectivity index (χ2n) is 7.24. The zero-order valence-corrected chi connectivity index (χ0v) is 13.9. The Hall–Kier alpha value is 0.540. The summed E-state index contributed by atoms with van der Waals surface area (Å²) in [6.07, 6.45) is 10.2. The maximum atomic E-state index is 6.43. The molecule has 19 heavy (non-hydrogen) atoms. The zero-order valence-electron chi connectivity index (χ0n) is 12.4. The first kappa shape index (κ1) is 15.9. The number of ether oxygens (including phenoxy) is 1. The van der Waals surface area contributed by atoms with Crippen LogP contribution in [0.4, 0.5) is 0 Å². The van der Waals surface area contributed by atoms with Gasteiger partial charge in [-0.1, -0.05) is 26.7 Å². The average Bonchev–Trinajstić information content (AvgIpc) is 2.99. The van der Waals surface area contributed by atoms with Crippen molar-refractivity contribution in [1.29, 1.82) is 0 Å². The van der Waals surface area contributed by atoms with E-state index in [0.717, 1.165) is 12.8 Å². The highest BCUT2D eigenvalue weighted by Gasteiger charge is 2.44. The standard InChI is InChI=1S/C16H28Cl2O/c1-13(2)9-15(11-17,12-18)10-14-5-8-16(19-14)6-3-4-7-16/h13-14H,3-12H2,1-2H3. The highest BCUT2D eigenvalue weighted by molar-refractivity contribution is 6.21. The van der Waals surface area contributed by atoms with Gasteiger partial charge >= 0.3 is 0 Å². The predicted octanol–water partition coefficient (Wildman–Crippen LogP) is 5.38. The van der Waals surface area contributed by atoms with Crippen LogP contribution in [0.25, 0.3) is 0 Å². The first-order chi connectivity index (χ1) is 9.03. The van der Waals surface area contributed by atoms with E-state index in [1.807, 2.05) is 0 Å². The number of rotatable bonds is 6. The van der Waals surface area contributed by atoms with Gasteiger partial charge in [0.2, 0.25) is 0 Å². The molecule has 1 saturated heterocycles. The van der Waals surface area contributed by atoms with Gasteiger partial charge in [-0.15, -0.1) is 23.2 Å². The number of hydrogen-bond donors (Lipinski definition) is 0. The molecular weight excluding hydrogens is 279 g/mol. The van der Waals surface area contributed by atoms with Crippen LogP contribution in [0.5, 0.6) is 0 Å². The normalized spacial score (nSPS) is 26.7. The van der Waals surface area contributed by atoms with Gasteiger partial charge in [-0.05, 0) is 44.4 Å². The summed E-state index contributed by atoms with van der Waals surface area (Å²) in [6.45, 7) is 4.50. The van der Waals surface area contributed by atoms with Gasteiger partial charge in [0.1, 0.15) is 0 Å². The van der Waals surface area contributed by atoms with Gasteiger partial charge in [0.15, 0.2) is 0 Å². The SMILES string of the molecule is CC(C)CC(CCl)(CCl)CC1CCC2(CCCC2)O1. The zero-order chi connectivity index (χ0) is 13.9. The van der Waals surface area contributed by atoms with Gasteiger partial charge in [-0.3, -0.25) is 0 Å². The van der Waals surface area contributed by atoms with Crippen molar-refractivity contribution in [3.05, 3.63) is 0 Å². The minimum absolute atomic E-state index is 0.0616. The third-order valence-corrected chi connectivity index (χ3v) is 6.06. The summed E-state index contributed by atoms with van der Waals surface area (Å²) in [6, 6.07) is 0. The number of halogens is 2. The third-order valence-electron chi connectivity index (χ3n) is 4.92. The van der Waals surface area contributed by atoms with Crippen molar-refractivity contribution in [3.63, 3.8) is 0 Å². The van der Waals surface area contributed by atoms with E-state index < -0.39 is 0 Å². The van der Waals surface area contributed by atoms with Crippen molar-refractivity contribution in [3.8, 4) is 0 Å². The Morgan fingerprint density at radius 1 is 1.16 bits per heavy atom. The smallest absolute Gasteiger partial charge is 0.0687 e. The molecule has 1 saturated carbocycles. The lowest BCUT2D eigenvalue weighted by molar-refractivity contribution is -0.0512. The van der Waals surface area contributed by atoms with Crippen molar-refractivity contribution in [2.45, 2.75) is 76.9 Å². The first-order valence-electron chi connectivity index (χ1n) is 7.83. The van der Waals surface area contributed by atoms with Crippen molar-refractivity contribution in [2.75, 3.05) is 11.8 Å². The minimum atomic E-state index is 0.0616. The van der Waals surface area contributed by atoms with Crippen molar-refractivity contribution in [2.24, 2.45) is 11.3 Å². The van der Waals surface area contributed by atoms with E-state index in [0.29, 0.717) is 23.8 Å². The summed E-state index contributed by atoms with van der Waals surface area (Å²) < 4.78 is 6.43. The second-order valence-corrected chi connectivity index (χ2v) is 7.77. The van der Waals surface area contributed by atoms with Crippen LogP contribution in [0.3, 0.4) is 0 Å². The molecule has 1 aliphatic carbocycles. The molecule has 2 rings (SSSR count). The Bertz CT molecular complexity index is 280. The minimum Gasteiger partial charge on any atom is -0.372 e. The molecule has 0 aromatic rings. The summed E-state index contributed by atoms with van der Waals surface area (Å²) >= 11 is 12.5. The lowest BCUT2D eigenvalue weighted by Crippen LogP contribution is -2.33. The maximum Gasteiger partial charge on any atom is 0.0687 e. The average molecular weight is 307 g/mol. The lowest BCUT2D eigenvalue weighted by atomic mass is 9.78. The van der Waals surface area contributed by atoms with Crippen LogP contribution in [0.15, 0.2) is 0 Å². The number of alkyl halides is 2. The number of hydrogen-bond acceptors (Lipinski definition) is 1. The fraction of sp³-hybridized carbons (Fsp3) is 1.00. The molecule has 1 nitrogen and oxygen atoms in total. The molecule has 112 valence electrons. The monoisotopic (exact) mass is 306 g/mol. The molecular formula is C16H28Cl2O. The lowest BCUT2D eigenvalue weighted by Gasteiger charge is -2.34. The van der Waals surface area contributed by atoms with Crippen molar-refractivity contribution < 1.29 is 4.74 Å². The van der Waals surface area contributed by atoms with E-state index in [4.69, 9.17) is 27.9 Å². The molecule has 0 amide bonds. The summed E-state index contributed by atoms with van der Waals surface area (Å²) in [5.74, 6) is 1.95. The molecule has 0 bridgehead atoms. The Labute approximate surface area is 128 Å². The molecule has 3 heteroatoms. The summed E-state index contributed by atoms with van der Waals surface area (Å²) in [5.41, 5.74) is 0.291.